The molecule has 2 fully saturated rings. The van der Waals surface area contributed by atoms with Crippen molar-refractivity contribution in [3.8, 4) is 0 Å². The highest BCUT2D eigenvalue weighted by atomic mass is 16.2. The van der Waals surface area contributed by atoms with Crippen LogP contribution in [0.3, 0.4) is 0 Å². The first-order valence-electron chi connectivity index (χ1n) is 7.19. The molecule has 1 aliphatic carbocycles. The molecule has 2 N–H and O–H groups in total. The standard InChI is InChI=1S/C14H26N2O/c1-10-4-3-5-13(8-10)16-14(17)12-7-6-11(2)15-9-12/h10-13,15H,3-9H2,1-2H3,(H,16,17). The first-order valence-corrected chi connectivity index (χ1v) is 7.19. The van der Waals surface area contributed by atoms with Gasteiger partial charge in [0.15, 0.2) is 0 Å². The highest BCUT2D eigenvalue weighted by molar-refractivity contribution is 5.79. The first-order chi connectivity index (χ1) is 8.15. The topological polar surface area (TPSA) is 41.1 Å². The number of hydrogen-bond donors (Lipinski definition) is 2. The Labute approximate surface area is 105 Å². The molecular weight excluding hydrogens is 212 g/mol. The SMILES string of the molecule is CC1CCCC(NC(=O)C2CCC(C)NC2)C1. The summed E-state index contributed by atoms with van der Waals surface area (Å²) in [5.74, 6) is 1.26. The summed E-state index contributed by atoms with van der Waals surface area (Å²) in [6, 6.07) is 1.01. The molecule has 3 heteroatoms. The van der Waals surface area contributed by atoms with E-state index >= 15 is 0 Å². The van der Waals surface area contributed by atoms with Crippen molar-refractivity contribution < 1.29 is 4.79 Å². The summed E-state index contributed by atoms with van der Waals surface area (Å²) in [6.45, 7) is 5.34. The van der Waals surface area contributed by atoms with E-state index in [0.29, 0.717) is 12.1 Å². The number of rotatable bonds is 2. The van der Waals surface area contributed by atoms with Crippen molar-refractivity contribution in [2.45, 2.75) is 64.5 Å². The smallest absolute Gasteiger partial charge is 0.224 e. The molecule has 0 aromatic rings. The van der Waals surface area contributed by atoms with E-state index in [1.165, 1.54) is 25.7 Å². The molecule has 0 radical (unpaired) electrons. The Hall–Kier alpha value is -0.570. The van der Waals surface area contributed by atoms with Gasteiger partial charge in [-0.1, -0.05) is 19.8 Å². The van der Waals surface area contributed by atoms with Crippen LogP contribution >= 0.6 is 0 Å². The van der Waals surface area contributed by atoms with Gasteiger partial charge < -0.3 is 10.6 Å². The number of amides is 1. The Kier molecular flexibility index (Phi) is 4.43. The van der Waals surface area contributed by atoms with Gasteiger partial charge in [-0.2, -0.15) is 0 Å². The van der Waals surface area contributed by atoms with Gasteiger partial charge in [-0.3, -0.25) is 4.79 Å². The van der Waals surface area contributed by atoms with Crippen LogP contribution in [0, 0.1) is 11.8 Å². The molecule has 1 saturated heterocycles. The minimum absolute atomic E-state index is 0.198. The van der Waals surface area contributed by atoms with E-state index in [0.717, 1.165) is 25.3 Å². The molecule has 2 rings (SSSR count). The molecule has 0 aromatic carbocycles. The zero-order valence-corrected chi connectivity index (χ0v) is 11.2. The van der Waals surface area contributed by atoms with Crippen LogP contribution in [0.5, 0.6) is 0 Å². The molecule has 1 amide bonds. The molecule has 1 saturated carbocycles. The van der Waals surface area contributed by atoms with E-state index < -0.39 is 0 Å². The largest absolute Gasteiger partial charge is 0.353 e. The number of nitrogens with one attached hydrogen (secondary N) is 2. The Bertz CT molecular complexity index is 259. The van der Waals surface area contributed by atoms with Gasteiger partial charge in [-0.25, -0.2) is 0 Å². The van der Waals surface area contributed by atoms with Gasteiger partial charge in [0.2, 0.25) is 5.91 Å². The van der Waals surface area contributed by atoms with Gasteiger partial charge in [0.25, 0.3) is 0 Å². The maximum absolute atomic E-state index is 12.1. The van der Waals surface area contributed by atoms with Crippen LogP contribution < -0.4 is 10.6 Å². The third kappa shape index (κ3) is 3.70. The molecule has 4 unspecified atom stereocenters. The number of carbonyl (C=O) groups is 1. The van der Waals surface area contributed by atoms with Crippen molar-refractivity contribution in [2.24, 2.45) is 11.8 Å². The molecule has 4 atom stereocenters. The molecule has 1 aliphatic heterocycles. The second-order valence-corrected chi connectivity index (χ2v) is 6.06. The molecule has 98 valence electrons. The molecule has 3 nitrogen and oxygen atoms in total. The van der Waals surface area contributed by atoms with E-state index in [1.54, 1.807) is 0 Å². The molecule has 0 bridgehead atoms. The fourth-order valence-corrected chi connectivity index (χ4v) is 3.11. The van der Waals surface area contributed by atoms with Crippen LogP contribution in [0.25, 0.3) is 0 Å². The fraction of sp³-hybridized carbons (Fsp3) is 0.929. The van der Waals surface area contributed by atoms with E-state index in [4.69, 9.17) is 0 Å². The number of carbonyl (C=O) groups excluding carboxylic acids is 1. The van der Waals surface area contributed by atoms with Crippen LogP contribution in [0.1, 0.15) is 52.4 Å². The van der Waals surface area contributed by atoms with Crippen LogP contribution in [0.2, 0.25) is 0 Å². The highest BCUT2D eigenvalue weighted by Gasteiger charge is 2.27. The summed E-state index contributed by atoms with van der Waals surface area (Å²) in [7, 11) is 0. The van der Waals surface area contributed by atoms with E-state index in [-0.39, 0.29) is 11.8 Å². The minimum Gasteiger partial charge on any atom is -0.353 e. The average molecular weight is 238 g/mol. The highest BCUT2D eigenvalue weighted by Crippen LogP contribution is 2.24. The summed E-state index contributed by atoms with van der Waals surface area (Å²) in [5.41, 5.74) is 0. The molecule has 17 heavy (non-hydrogen) atoms. The lowest BCUT2D eigenvalue weighted by Crippen LogP contribution is -2.47. The van der Waals surface area contributed by atoms with Crippen molar-refractivity contribution in [3.63, 3.8) is 0 Å². The predicted molar refractivity (Wildman–Crippen MR) is 69.8 cm³/mol. The van der Waals surface area contributed by atoms with Gasteiger partial charge >= 0.3 is 0 Å². The normalized spacial score (nSPS) is 38.7. The third-order valence-corrected chi connectivity index (χ3v) is 4.31. The van der Waals surface area contributed by atoms with E-state index in [9.17, 15) is 4.79 Å². The van der Waals surface area contributed by atoms with Gasteiger partial charge in [0.1, 0.15) is 0 Å². The van der Waals surface area contributed by atoms with Crippen molar-refractivity contribution in [1.82, 2.24) is 10.6 Å². The van der Waals surface area contributed by atoms with Crippen molar-refractivity contribution in [1.29, 1.82) is 0 Å². The van der Waals surface area contributed by atoms with Crippen molar-refractivity contribution >= 4 is 5.91 Å². The summed E-state index contributed by atoms with van der Waals surface area (Å²) in [6.07, 6.45) is 7.11. The third-order valence-electron chi connectivity index (χ3n) is 4.31. The Morgan fingerprint density at radius 1 is 1.18 bits per heavy atom. The first kappa shape index (κ1) is 12.9. The van der Waals surface area contributed by atoms with Gasteiger partial charge in [0, 0.05) is 18.6 Å². The quantitative estimate of drug-likeness (QED) is 0.773. The Morgan fingerprint density at radius 3 is 2.65 bits per heavy atom. The van der Waals surface area contributed by atoms with Crippen LogP contribution in [0.4, 0.5) is 0 Å². The Morgan fingerprint density at radius 2 is 2.00 bits per heavy atom. The lowest BCUT2D eigenvalue weighted by atomic mass is 9.86. The van der Waals surface area contributed by atoms with E-state index in [2.05, 4.69) is 24.5 Å². The summed E-state index contributed by atoms with van der Waals surface area (Å²) < 4.78 is 0. The van der Waals surface area contributed by atoms with Gasteiger partial charge in [-0.05, 0) is 38.5 Å². The summed E-state index contributed by atoms with van der Waals surface area (Å²) in [5, 5.41) is 6.65. The lowest BCUT2D eigenvalue weighted by Gasteiger charge is -2.31. The lowest BCUT2D eigenvalue weighted by molar-refractivity contribution is -0.126. The van der Waals surface area contributed by atoms with Crippen LogP contribution in [-0.4, -0.2) is 24.5 Å². The van der Waals surface area contributed by atoms with E-state index in [1.807, 2.05) is 0 Å². The maximum Gasteiger partial charge on any atom is 0.224 e. The number of piperidine rings is 1. The second-order valence-electron chi connectivity index (χ2n) is 6.06. The maximum atomic E-state index is 12.1. The molecule has 2 aliphatic rings. The Balaban J connectivity index is 1.76. The van der Waals surface area contributed by atoms with Crippen LogP contribution in [0.15, 0.2) is 0 Å². The fourth-order valence-electron chi connectivity index (χ4n) is 3.11. The average Bonchev–Trinajstić information content (AvgIpc) is 2.29. The molecular formula is C14H26N2O. The predicted octanol–water partition coefficient (Wildman–Crippen LogP) is 2.07. The molecule has 1 heterocycles. The minimum atomic E-state index is 0.198. The number of hydrogen-bond acceptors (Lipinski definition) is 2. The molecule has 0 aromatic heterocycles. The van der Waals surface area contributed by atoms with Gasteiger partial charge in [-0.15, -0.1) is 0 Å². The van der Waals surface area contributed by atoms with Crippen LogP contribution in [-0.2, 0) is 4.79 Å². The zero-order chi connectivity index (χ0) is 12.3. The monoisotopic (exact) mass is 238 g/mol. The van der Waals surface area contributed by atoms with Gasteiger partial charge in [0.05, 0.1) is 5.92 Å². The van der Waals surface area contributed by atoms with Crippen molar-refractivity contribution in [2.75, 3.05) is 6.54 Å². The summed E-state index contributed by atoms with van der Waals surface area (Å²) >= 11 is 0. The zero-order valence-electron chi connectivity index (χ0n) is 11.2. The second kappa shape index (κ2) is 5.85. The summed E-state index contributed by atoms with van der Waals surface area (Å²) in [4.78, 5) is 12.1. The van der Waals surface area contributed by atoms with Crippen molar-refractivity contribution in [3.05, 3.63) is 0 Å². The molecule has 0 spiro atoms.